The van der Waals surface area contributed by atoms with E-state index in [-0.39, 0.29) is 0 Å². The monoisotopic (exact) mass is 181 g/mol. The molecule has 0 amide bonds. The van der Waals surface area contributed by atoms with Gasteiger partial charge in [-0.1, -0.05) is 0 Å². The highest BCUT2D eigenvalue weighted by Crippen LogP contribution is 2.35. The lowest BCUT2D eigenvalue weighted by atomic mass is 9.84. The number of hydrogen-bond donors (Lipinski definition) is 0. The quantitative estimate of drug-likeness (QED) is 0.615. The second kappa shape index (κ2) is 3.41. The summed E-state index contributed by atoms with van der Waals surface area (Å²) in [5, 5.41) is 0. The molecule has 2 aliphatic rings. The van der Waals surface area contributed by atoms with E-state index in [2.05, 4.69) is 18.7 Å². The topological polar surface area (TPSA) is 20.3 Å². The van der Waals surface area contributed by atoms with Gasteiger partial charge in [0.25, 0.3) is 0 Å². The van der Waals surface area contributed by atoms with Crippen molar-refractivity contribution in [3.05, 3.63) is 0 Å². The first-order chi connectivity index (χ1) is 6.18. The van der Waals surface area contributed by atoms with Gasteiger partial charge in [0, 0.05) is 24.9 Å². The Balaban J connectivity index is 2.06. The summed E-state index contributed by atoms with van der Waals surface area (Å²) >= 11 is 0. The van der Waals surface area contributed by atoms with Crippen molar-refractivity contribution < 1.29 is 4.79 Å². The smallest absolute Gasteiger partial charge is 0.134 e. The molecule has 2 atom stereocenters. The molecule has 2 nitrogen and oxygen atoms in total. The summed E-state index contributed by atoms with van der Waals surface area (Å²) in [6.07, 6.45) is 4.12. The molecule has 0 N–H and O–H groups in total. The van der Waals surface area contributed by atoms with Crippen LogP contribution in [0.15, 0.2) is 0 Å². The molecule has 1 aliphatic heterocycles. The van der Waals surface area contributed by atoms with Crippen LogP contribution in [0.5, 0.6) is 0 Å². The third-order valence-electron chi connectivity index (χ3n) is 3.62. The maximum absolute atomic E-state index is 11.3. The van der Waals surface area contributed by atoms with Crippen molar-refractivity contribution in [3.63, 3.8) is 0 Å². The predicted octanol–water partition coefficient (Wildman–Crippen LogP) is 1.84. The number of rotatable bonds is 1. The van der Waals surface area contributed by atoms with E-state index in [1.165, 1.54) is 13.0 Å². The maximum atomic E-state index is 11.3. The van der Waals surface area contributed by atoms with Gasteiger partial charge in [0.1, 0.15) is 5.78 Å². The molecule has 2 fully saturated rings. The zero-order valence-corrected chi connectivity index (χ0v) is 8.62. The van der Waals surface area contributed by atoms with Gasteiger partial charge in [-0.25, -0.2) is 0 Å². The lowest BCUT2D eigenvalue weighted by Crippen LogP contribution is -2.41. The summed E-state index contributed by atoms with van der Waals surface area (Å²) < 4.78 is 0. The van der Waals surface area contributed by atoms with E-state index in [4.69, 9.17) is 0 Å². The third kappa shape index (κ3) is 1.64. The van der Waals surface area contributed by atoms with Crippen molar-refractivity contribution in [2.45, 2.75) is 51.6 Å². The van der Waals surface area contributed by atoms with E-state index in [9.17, 15) is 4.79 Å². The zero-order chi connectivity index (χ0) is 9.42. The fraction of sp³-hybridized carbons (Fsp3) is 0.909. The number of nitrogens with zero attached hydrogens (tertiary/aromatic N) is 1. The fourth-order valence-electron chi connectivity index (χ4n) is 2.89. The summed E-state index contributed by atoms with van der Waals surface area (Å²) in [7, 11) is 0. The largest absolute Gasteiger partial charge is 0.300 e. The normalized spacial score (nSPS) is 35.5. The standard InChI is InChI=1S/C11H19NO/c1-8(2)12-6-5-9-3-4-10(13)7-11(9)12/h8-9,11H,3-7H2,1-2H3. The summed E-state index contributed by atoms with van der Waals surface area (Å²) in [6, 6.07) is 1.20. The van der Waals surface area contributed by atoms with E-state index in [0.29, 0.717) is 17.9 Å². The summed E-state index contributed by atoms with van der Waals surface area (Å²) in [6.45, 7) is 5.68. The Morgan fingerprint density at radius 1 is 1.38 bits per heavy atom. The molecule has 1 heterocycles. The van der Waals surface area contributed by atoms with Gasteiger partial charge in [-0.2, -0.15) is 0 Å². The Bertz CT molecular complexity index is 212. The molecule has 2 unspecified atom stereocenters. The van der Waals surface area contributed by atoms with E-state index >= 15 is 0 Å². The molecule has 74 valence electrons. The molecule has 1 saturated carbocycles. The lowest BCUT2D eigenvalue weighted by Gasteiger charge is -2.33. The number of Topliss-reactive ketones (excluding diaryl/α,β-unsaturated/α-hetero) is 1. The van der Waals surface area contributed by atoms with Crippen LogP contribution in [0.1, 0.15) is 39.5 Å². The number of carbonyl (C=O) groups excluding carboxylic acids is 1. The summed E-state index contributed by atoms with van der Waals surface area (Å²) in [5.74, 6) is 1.30. The van der Waals surface area contributed by atoms with Gasteiger partial charge < -0.3 is 0 Å². The molecule has 0 aromatic carbocycles. The minimum atomic E-state index is 0.480. The number of ketones is 1. The summed E-state index contributed by atoms with van der Waals surface area (Å²) in [5.41, 5.74) is 0. The Labute approximate surface area is 80.3 Å². The number of hydrogen-bond acceptors (Lipinski definition) is 2. The highest BCUT2D eigenvalue weighted by molar-refractivity contribution is 5.80. The summed E-state index contributed by atoms with van der Waals surface area (Å²) in [4.78, 5) is 13.9. The molecule has 1 saturated heterocycles. The first-order valence-electron chi connectivity index (χ1n) is 5.46. The Morgan fingerprint density at radius 3 is 2.85 bits per heavy atom. The van der Waals surface area contributed by atoms with Crippen molar-refractivity contribution in [2.75, 3.05) is 6.54 Å². The van der Waals surface area contributed by atoms with Crippen LogP contribution >= 0.6 is 0 Å². The van der Waals surface area contributed by atoms with Crippen molar-refractivity contribution in [2.24, 2.45) is 5.92 Å². The highest BCUT2D eigenvalue weighted by Gasteiger charge is 2.39. The molecule has 2 rings (SSSR count). The maximum Gasteiger partial charge on any atom is 0.134 e. The Hall–Kier alpha value is -0.370. The van der Waals surface area contributed by atoms with E-state index in [1.54, 1.807) is 0 Å². The van der Waals surface area contributed by atoms with Gasteiger partial charge in [0.15, 0.2) is 0 Å². The SMILES string of the molecule is CC(C)N1CCC2CCC(=O)CC21. The predicted molar refractivity (Wildman–Crippen MR) is 52.6 cm³/mol. The molecule has 0 aromatic heterocycles. The molecule has 0 aromatic rings. The van der Waals surface area contributed by atoms with Crippen LogP contribution in [-0.4, -0.2) is 29.3 Å². The first-order valence-corrected chi connectivity index (χ1v) is 5.46. The van der Waals surface area contributed by atoms with Crippen LogP contribution < -0.4 is 0 Å². The molecule has 0 spiro atoms. The highest BCUT2D eigenvalue weighted by atomic mass is 16.1. The molecule has 0 radical (unpaired) electrons. The van der Waals surface area contributed by atoms with Crippen molar-refractivity contribution >= 4 is 5.78 Å². The van der Waals surface area contributed by atoms with Crippen LogP contribution in [0, 0.1) is 5.92 Å². The second-order valence-electron chi connectivity index (χ2n) is 4.73. The minimum absolute atomic E-state index is 0.480. The van der Waals surface area contributed by atoms with Crippen molar-refractivity contribution in [3.8, 4) is 0 Å². The first kappa shape index (κ1) is 9.20. The molecule has 0 bridgehead atoms. The van der Waals surface area contributed by atoms with Gasteiger partial charge in [-0.05, 0) is 39.2 Å². The second-order valence-corrected chi connectivity index (χ2v) is 4.73. The average molecular weight is 181 g/mol. The van der Waals surface area contributed by atoms with Crippen LogP contribution in [0.2, 0.25) is 0 Å². The van der Waals surface area contributed by atoms with Crippen LogP contribution in [0.25, 0.3) is 0 Å². The number of fused-ring (bicyclic) bond motifs is 1. The molecule has 13 heavy (non-hydrogen) atoms. The Morgan fingerprint density at radius 2 is 2.15 bits per heavy atom. The van der Waals surface area contributed by atoms with Gasteiger partial charge >= 0.3 is 0 Å². The number of likely N-dealkylation sites (tertiary alicyclic amines) is 1. The minimum Gasteiger partial charge on any atom is -0.300 e. The van der Waals surface area contributed by atoms with Crippen LogP contribution in [0.4, 0.5) is 0 Å². The number of carbonyl (C=O) groups is 1. The molecular weight excluding hydrogens is 162 g/mol. The zero-order valence-electron chi connectivity index (χ0n) is 8.62. The molecule has 2 heteroatoms. The fourth-order valence-corrected chi connectivity index (χ4v) is 2.89. The van der Waals surface area contributed by atoms with E-state index in [1.807, 2.05) is 0 Å². The third-order valence-corrected chi connectivity index (χ3v) is 3.62. The molecule has 1 aliphatic carbocycles. The van der Waals surface area contributed by atoms with E-state index in [0.717, 1.165) is 25.2 Å². The average Bonchev–Trinajstić information content (AvgIpc) is 2.46. The molecular formula is C11H19NO. The van der Waals surface area contributed by atoms with Gasteiger partial charge in [0.2, 0.25) is 0 Å². The van der Waals surface area contributed by atoms with Crippen LogP contribution in [-0.2, 0) is 4.79 Å². The van der Waals surface area contributed by atoms with Crippen molar-refractivity contribution in [1.82, 2.24) is 4.90 Å². The van der Waals surface area contributed by atoms with E-state index < -0.39 is 0 Å². The van der Waals surface area contributed by atoms with Gasteiger partial charge in [-0.3, -0.25) is 9.69 Å². The Kier molecular flexibility index (Phi) is 2.41. The van der Waals surface area contributed by atoms with Crippen molar-refractivity contribution in [1.29, 1.82) is 0 Å². The lowest BCUT2D eigenvalue weighted by molar-refractivity contribution is -0.122. The van der Waals surface area contributed by atoms with Crippen LogP contribution in [0.3, 0.4) is 0 Å². The van der Waals surface area contributed by atoms with Gasteiger partial charge in [-0.15, -0.1) is 0 Å². The van der Waals surface area contributed by atoms with Gasteiger partial charge in [0.05, 0.1) is 0 Å².